The van der Waals surface area contributed by atoms with Gasteiger partial charge in [0, 0.05) is 6.20 Å². The van der Waals surface area contributed by atoms with Crippen LogP contribution in [0, 0.1) is 0 Å². The van der Waals surface area contributed by atoms with E-state index >= 15 is 0 Å². The summed E-state index contributed by atoms with van der Waals surface area (Å²) in [4.78, 5) is 21.2. The highest BCUT2D eigenvalue weighted by molar-refractivity contribution is 5.50. The van der Waals surface area contributed by atoms with Gasteiger partial charge in [0.15, 0.2) is 5.82 Å². The minimum absolute atomic E-state index is 0.185. The van der Waals surface area contributed by atoms with E-state index in [2.05, 4.69) is 15.0 Å². The van der Waals surface area contributed by atoms with Crippen molar-refractivity contribution in [2.24, 2.45) is 0 Å². The average molecular weight is 219 g/mol. The van der Waals surface area contributed by atoms with E-state index < -0.39 is 0 Å². The molecule has 0 aliphatic rings. The van der Waals surface area contributed by atoms with Crippen LogP contribution in [0.25, 0.3) is 11.5 Å². The molecule has 16 heavy (non-hydrogen) atoms. The largest absolute Gasteiger partial charge is 0.493 e. The fourth-order valence-corrected chi connectivity index (χ4v) is 1.57. The highest BCUT2D eigenvalue weighted by Crippen LogP contribution is 2.16. The first-order valence-corrected chi connectivity index (χ1v) is 5.18. The van der Waals surface area contributed by atoms with Gasteiger partial charge in [0.2, 0.25) is 5.88 Å². The monoisotopic (exact) mass is 219 g/mol. The Labute approximate surface area is 92.2 Å². The van der Waals surface area contributed by atoms with Gasteiger partial charge in [-0.2, -0.15) is 4.98 Å². The van der Waals surface area contributed by atoms with Crippen molar-refractivity contribution < 1.29 is 5.11 Å². The molecule has 0 aliphatic carbocycles. The van der Waals surface area contributed by atoms with Crippen LogP contribution in [0.4, 0.5) is 0 Å². The van der Waals surface area contributed by atoms with Gasteiger partial charge in [-0.15, -0.1) is 0 Å². The highest BCUT2D eigenvalue weighted by Gasteiger charge is 2.10. The molecular weight excluding hydrogens is 206 g/mol. The van der Waals surface area contributed by atoms with E-state index in [4.69, 9.17) is 0 Å². The second kappa shape index (κ2) is 4.22. The summed E-state index contributed by atoms with van der Waals surface area (Å²) in [5.41, 5.74) is 0.743. The van der Waals surface area contributed by atoms with Crippen molar-refractivity contribution in [2.75, 3.05) is 0 Å². The minimum atomic E-state index is -0.279. The first kappa shape index (κ1) is 10.5. The zero-order valence-corrected chi connectivity index (χ0v) is 8.95. The van der Waals surface area contributed by atoms with E-state index in [0.717, 1.165) is 6.42 Å². The van der Waals surface area contributed by atoms with E-state index in [9.17, 15) is 9.90 Å². The average Bonchev–Trinajstić information content (AvgIpc) is 2.76. The van der Waals surface area contributed by atoms with Crippen LogP contribution in [0.15, 0.2) is 23.1 Å². The van der Waals surface area contributed by atoms with E-state index in [1.807, 2.05) is 6.92 Å². The quantitative estimate of drug-likeness (QED) is 0.730. The number of H-pyrrole nitrogens is 2. The van der Waals surface area contributed by atoms with Gasteiger partial charge in [0.25, 0.3) is 5.56 Å². The number of aromatic nitrogens is 3. The van der Waals surface area contributed by atoms with E-state index in [-0.39, 0.29) is 11.4 Å². The van der Waals surface area contributed by atoms with Crippen molar-refractivity contribution in [1.29, 1.82) is 0 Å². The Morgan fingerprint density at radius 2 is 2.31 bits per heavy atom. The number of nitrogens with zero attached hydrogens (tertiary/aromatic N) is 1. The van der Waals surface area contributed by atoms with Crippen LogP contribution in [-0.2, 0) is 6.42 Å². The van der Waals surface area contributed by atoms with Gasteiger partial charge >= 0.3 is 0 Å². The summed E-state index contributed by atoms with van der Waals surface area (Å²) in [6, 6.07) is 3.57. The van der Waals surface area contributed by atoms with Gasteiger partial charge in [-0.25, -0.2) is 0 Å². The van der Waals surface area contributed by atoms with Crippen molar-refractivity contribution in [3.8, 4) is 17.4 Å². The number of hydrogen-bond acceptors (Lipinski definition) is 3. The first-order valence-electron chi connectivity index (χ1n) is 5.18. The predicted molar refractivity (Wildman–Crippen MR) is 60.3 cm³/mol. The van der Waals surface area contributed by atoms with E-state index in [1.165, 1.54) is 0 Å². The maximum Gasteiger partial charge on any atom is 0.258 e. The third-order valence-corrected chi connectivity index (χ3v) is 2.35. The molecule has 0 saturated heterocycles. The van der Waals surface area contributed by atoms with E-state index in [1.54, 1.807) is 18.3 Å². The Morgan fingerprint density at radius 3 is 2.88 bits per heavy atom. The van der Waals surface area contributed by atoms with Crippen molar-refractivity contribution in [3.63, 3.8) is 0 Å². The number of aromatic hydroxyl groups is 1. The molecule has 5 heteroatoms. The molecule has 2 heterocycles. The Hall–Kier alpha value is -2.04. The lowest BCUT2D eigenvalue weighted by molar-refractivity contribution is 0.443. The summed E-state index contributed by atoms with van der Waals surface area (Å²) in [5, 5.41) is 9.66. The summed E-state index contributed by atoms with van der Waals surface area (Å²) in [5.74, 6) is 0.169. The molecule has 0 saturated carbocycles. The number of rotatable bonds is 3. The van der Waals surface area contributed by atoms with Crippen molar-refractivity contribution in [1.82, 2.24) is 15.0 Å². The molecule has 0 fully saturated rings. The third-order valence-electron chi connectivity index (χ3n) is 2.35. The van der Waals surface area contributed by atoms with Crippen LogP contribution in [0.1, 0.15) is 18.9 Å². The highest BCUT2D eigenvalue weighted by atomic mass is 16.3. The fraction of sp³-hybridized carbons (Fsp3) is 0.273. The van der Waals surface area contributed by atoms with Crippen molar-refractivity contribution >= 4 is 0 Å². The predicted octanol–water partition coefficient (Wildman–Crippen LogP) is 1.42. The molecule has 0 radical (unpaired) electrons. The van der Waals surface area contributed by atoms with Gasteiger partial charge in [-0.3, -0.25) is 4.79 Å². The fourth-order valence-electron chi connectivity index (χ4n) is 1.57. The van der Waals surface area contributed by atoms with Gasteiger partial charge in [0.05, 0.1) is 11.3 Å². The molecule has 0 aliphatic heterocycles. The number of nitrogens with one attached hydrogen (secondary N) is 2. The van der Waals surface area contributed by atoms with E-state index in [0.29, 0.717) is 23.5 Å². The molecule has 5 nitrogen and oxygen atoms in total. The van der Waals surface area contributed by atoms with Crippen LogP contribution < -0.4 is 5.56 Å². The molecule has 84 valence electrons. The molecule has 0 aromatic carbocycles. The molecule has 0 bridgehead atoms. The van der Waals surface area contributed by atoms with Crippen LogP contribution in [0.3, 0.4) is 0 Å². The van der Waals surface area contributed by atoms with Gasteiger partial charge < -0.3 is 15.1 Å². The Balaban J connectivity index is 2.49. The lowest BCUT2D eigenvalue weighted by atomic mass is 10.2. The molecule has 0 amide bonds. The molecule has 0 unspecified atom stereocenters. The molecule has 2 rings (SSSR count). The SMILES string of the molecule is CCCc1c(O)nc(-c2ccc[nH]2)[nH]c1=O. The topological polar surface area (TPSA) is 81.8 Å². The number of aromatic amines is 2. The van der Waals surface area contributed by atoms with Gasteiger partial charge in [-0.05, 0) is 18.6 Å². The third kappa shape index (κ3) is 1.84. The van der Waals surface area contributed by atoms with Crippen LogP contribution in [-0.4, -0.2) is 20.1 Å². The molecule has 2 aromatic rings. The van der Waals surface area contributed by atoms with Crippen LogP contribution in [0.2, 0.25) is 0 Å². The maximum absolute atomic E-state index is 11.7. The molecule has 0 spiro atoms. The Kier molecular flexibility index (Phi) is 2.76. The smallest absolute Gasteiger partial charge is 0.258 e. The molecule has 3 N–H and O–H groups in total. The zero-order valence-electron chi connectivity index (χ0n) is 8.95. The summed E-state index contributed by atoms with van der Waals surface area (Å²) in [6.45, 7) is 1.94. The van der Waals surface area contributed by atoms with Crippen LogP contribution in [0.5, 0.6) is 5.88 Å². The van der Waals surface area contributed by atoms with Gasteiger partial charge in [-0.1, -0.05) is 13.3 Å². The molecule has 0 atom stereocenters. The first-order chi connectivity index (χ1) is 7.72. The Morgan fingerprint density at radius 1 is 1.50 bits per heavy atom. The summed E-state index contributed by atoms with van der Waals surface area (Å²) in [6.07, 6.45) is 3.05. The lowest BCUT2D eigenvalue weighted by Gasteiger charge is -2.03. The van der Waals surface area contributed by atoms with Crippen LogP contribution >= 0.6 is 0 Å². The summed E-state index contributed by atoms with van der Waals surface area (Å²) < 4.78 is 0. The second-order valence-electron chi connectivity index (χ2n) is 3.55. The number of hydrogen-bond donors (Lipinski definition) is 3. The van der Waals surface area contributed by atoms with Crippen molar-refractivity contribution in [3.05, 3.63) is 34.2 Å². The van der Waals surface area contributed by atoms with Crippen molar-refractivity contribution in [2.45, 2.75) is 19.8 Å². The second-order valence-corrected chi connectivity index (χ2v) is 3.55. The summed E-state index contributed by atoms with van der Waals surface area (Å²) in [7, 11) is 0. The summed E-state index contributed by atoms with van der Waals surface area (Å²) >= 11 is 0. The Bertz CT molecular complexity index is 529. The normalized spacial score (nSPS) is 10.6. The lowest BCUT2D eigenvalue weighted by Crippen LogP contribution is -2.15. The standard InChI is InChI=1S/C11H13N3O2/c1-2-4-7-10(15)13-9(14-11(7)16)8-5-3-6-12-8/h3,5-6,12H,2,4H2,1H3,(H2,13,14,15,16). The molecule has 2 aromatic heterocycles. The molecular formula is C11H13N3O2. The minimum Gasteiger partial charge on any atom is -0.493 e. The maximum atomic E-state index is 11.7. The van der Waals surface area contributed by atoms with Gasteiger partial charge in [0.1, 0.15) is 0 Å². The zero-order chi connectivity index (χ0) is 11.5.